The van der Waals surface area contributed by atoms with Crippen molar-refractivity contribution in [3.05, 3.63) is 48.2 Å². The molecule has 3 rings (SSSR count). The molecule has 1 unspecified atom stereocenters. The molecule has 132 valence electrons. The van der Waals surface area contributed by atoms with Crippen LogP contribution in [0.25, 0.3) is 0 Å². The van der Waals surface area contributed by atoms with Crippen LogP contribution in [0.3, 0.4) is 0 Å². The van der Waals surface area contributed by atoms with E-state index in [4.69, 9.17) is 4.74 Å². The molecule has 2 heterocycles. The fourth-order valence-electron chi connectivity index (χ4n) is 2.75. The van der Waals surface area contributed by atoms with Gasteiger partial charge in [-0.05, 0) is 31.0 Å². The van der Waals surface area contributed by atoms with Crippen molar-refractivity contribution in [1.82, 2.24) is 15.1 Å². The van der Waals surface area contributed by atoms with E-state index < -0.39 is 5.76 Å². The Morgan fingerprint density at radius 1 is 1.28 bits per heavy atom. The molecule has 1 saturated heterocycles. The summed E-state index contributed by atoms with van der Waals surface area (Å²) in [5.74, 6) is -2.41. The number of hydrogen-bond acceptors (Lipinski definition) is 5. The Kier molecular flexibility index (Phi) is 5.80. The zero-order chi connectivity index (χ0) is 17.6. The van der Waals surface area contributed by atoms with E-state index in [2.05, 4.69) is 10.2 Å². The van der Waals surface area contributed by atoms with Crippen LogP contribution in [0.5, 0.6) is 5.88 Å². The van der Waals surface area contributed by atoms with Crippen LogP contribution < -0.4 is 4.74 Å². The Morgan fingerprint density at radius 3 is 2.88 bits per heavy atom. The summed E-state index contributed by atoms with van der Waals surface area (Å²) in [5, 5.41) is 7.65. The number of aromatic nitrogens is 2. The molecule has 0 N–H and O–H groups in total. The maximum Gasteiger partial charge on any atom is 0.288 e. The number of alkyl halides is 2. The van der Waals surface area contributed by atoms with E-state index in [1.54, 1.807) is 47.5 Å². The van der Waals surface area contributed by atoms with E-state index >= 15 is 0 Å². The molecule has 0 spiro atoms. The van der Waals surface area contributed by atoms with Crippen molar-refractivity contribution >= 4 is 17.7 Å². The molecule has 0 bridgehead atoms. The summed E-state index contributed by atoms with van der Waals surface area (Å²) in [4.78, 5) is 14.7. The number of thioether (sulfide) groups is 1. The Labute approximate surface area is 148 Å². The summed E-state index contributed by atoms with van der Waals surface area (Å²) in [6, 6.07) is 9.90. The van der Waals surface area contributed by atoms with Gasteiger partial charge < -0.3 is 9.64 Å². The first-order valence-electron chi connectivity index (χ1n) is 7.91. The minimum Gasteiger partial charge on any atom is -0.471 e. The first kappa shape index (κ1) is 17.6. The zero-order valence-corrected chi connectivity index (χ0v) is 14.2. The third-order valence-electron chi connectivity index (χ3n) is 3.83. The van der Waals surface area contributed by atoms with Gasteiger partial charge in [-0.1, -0.05) is 23.9 Å². The fourth-order valence-corrected chi connectivity index (χ4v) is 3.38. The summed E-state index contributed by atoms with van der Waals surface area (Å²) in [6.45, 7) is 0.968. The summed E-state index contributed by atoms with van der Waals surface area (Å²) < 4.78 is 31.2. The molecule has 0 saturated carbocycles. The van der Waals surface area contributed by atoms with E-state index in [0.29, 0.717) is 41.2 Å². The molecular formula is C17H17F2N3O2S. The van der Waals surface area contributed by atoms with Gasteiger partial charge in [-0.15, -0.1) is 5.10 Å². The van der Waals surface area contributed by atoms with E-state index in [1.807, 2.05) is 0 Å². The lowest BCUT2D eigenvalue weighted by Gasteiger charge is -2.33. The molecule has 1 atom stereocenters. The van der Waals surface area contributed by atoms with Crippen molar-refractivity contribution in [2.45, 2.75) is 29.6 Å². The van der Waals surface area contributed by atoms with E-state index in [-0.39, 0.29) is 12.0 Å². The van der Waals surface area contributed by atoms with Gasteiger partial charge in [0.25, 0.3) is 11.7 Å². The average Bonchev–Trinajstić information content (AvgIpc) is 2.62. The molecule has 1 aromatic heterocycles. The van der Waals surface area contributed by atoms with Gasteiger partial charge in [-0.25, -0.2) is 0 Å². The second-order valence-corrected chi connectivity index (χ2v) is 6.60. The number of benzene rings is 1. The Balaban J connectivity index is 1.70. The Bertz CT molecular complexity index is 718. The lowest BCUT2D eigenvalue weighted by Crippen LogP contribution is -2.44. The minimum atomic E-state index is -2.57. The zero-order valence-electron chi connectivity index (χ0n) is 13.3. The van der Waals surface area contributed by atoms with Gasteiger partial charge in [0, 0.05) is 23.7 Å². The van der Waals surface area contributed by atoms with E-state index in [0.717, 1.165) is 12.8 Å². The second kappa shape index (κ2) is 8.24. The van der Waals surface area contributed by atoms with Gasteiger partial charge in [-0.2, -0.15) is 13.9 Å². The van der Waals surface area contributed by atoms with Crippen molar-refractivity contribution in [3.63, 3.8) is 0 Å². The highest BCUT2D eigenvalue weighted by Crippen LogP contribution is 2.29. The fraction of sp³-hybridized carbons (Fsp3) is 0.353. The Morgan fingerprint density at radius 2 is 2.12 bits per heavy atom. The SMILES string of the molecule is O=C(c1ccccc1SC(F)F)N1CCCC(Oc2cccnn2)C1. The Hall–Kier alpha value is -2.22. The van der Waals surface area contributed by atoms with Crippen molar-refractivity contribution in [2.75, 3.05) is 13.1 Å². The van der Waals surface area contributed by atoms with E-state index in [1.165, 1.54) is 0 Å². The smallest absolute Gasteiger partial charge is 0.288 e. The van der Waals surface area contributed by atoms with Crippen LogP contribution in [0, 0.1) is 0 Å². The van der Waals surface area contributed by atoms with Crippen molar-refractivity contribution in [3.8, 4) is 5.88 Å². The quantitative estimate of drug-likeness (QED) is 0.760. The van der Waals surface area contributed by atoms with Crippen molar-refractivity contribution in [2.24, 2.45) is 0 Å². The van der Waals surface area contributed by atoms with Crippen LogP contribution in [-0.4, -0.2) is 46.0 Å². The van der Waals surface area contributed by atoms with Gasteiger partial charge in [0.15, 0.2) is 0 Å². The molecule has 8 heteroatoms. The average molecular weight is 365 g/mol. The van der Waals surface area contributed by atoms with Gasteiger partial charge in [-0.3, -0.25) is 4.79 Å². The molecule has 1 aliphatic rings. The van der Waals surface area contributed by atoms with Crippen LogP contribution in [-0.2, 0) is 0 Å². The highest BCUT2D eigenvalue weighted by atomic mass is 32.2. The summed E-state index contributed by atoms with van der Waals surface area (Å²) in [5.41, 5.74) is 0.299. The number of rotatable bonds is 5. The van der Waals surface area contributed by atoms with Crippen LogP contribution in [0.2, 0.25) is 0 Å². The predicted molar refractivity (Wildman–Crippen MR) is 89.9 cm³/mol. The highest BCUT2D eigenvalue weighted by molar-refractivity contribution is 7.99. The summed E-state index contributed by atoms with van der Waals surface area (Å²) in [6.07, 6.45) is 2.94. The molecular weight excluding hydrogens is 348 g/mol. The first-order chi connectivity index (χ1) is 12.1. The van der Waals surface area contributed by atoms with Gasteiger partial charge in [0.05, 0.1) is 12.1 Å². The van der Waals surface area contributed by atoms with Crippen molar-refractivity contribution < 1.29 is 18.3 Å². The van der Waals surface area contributed by atoms with Crippen LogP contribution in [0.15, 0.2) is 47.5 Å². The number of halogens is 2. The highest BCUT2D eigenvalue weighted by Gasteiger charge is 2.27. The lowest BCUT2D eigenvalue weighted by molar-refractivity contribution is 0.0522. The molecule has 5 nitrogen and oxygen atoms in total. The maximum absolute atomic E-state index is 12.8. The van der Waals surface area contributed by atoms with Gasteiger partial charge in [0.2, 0.25) is 5.88 Å². The van der Waals surface area contributed by atoms with E-state index in [9.17, 15) is 13.6 Å². The number of hydrogen-bond donors (Lipinski definition) is 0. The second-order valence-electron chi connectivity index (χ2n) is 5.57. The molecule has 0 radical (unpaired) electrons. The standard InChI is InChI=1S/C17H17F2N3O2S/c18-17(19)25-14-7-2-1-6-13(14)16(23)22-10-4-5-12(11-22)24-15-8-3-9-20-21-15/h1-3,6-9,12,17H,4-5,10-11H2. The van der Waals surface area contributed by atoms with Crippen LogP contribution in [0.4, 0.5) is 8.78 Å². The number of carbonyl (C=O) groups excluding carboxylic acids is 1. The molecule has 2 aromatic rings. The number of amides is 1. The number of likely N-dealkylation sites (tertiary alicyclic amines) is 1. The minimum absolute atomic E-state index is 0.190. The topological polar surface area (TPSA) is 55.3 Å². The van der Waals surface area contributed by atoms with Crippen LogP contribution in [0.1, 0.15) is 23.2 Å². The normalized spacial score (nSPS) is 17.6. The number of ether oxygens (including phenoxy) is 1. The monoisotopic (exact) mass is 365 g/mol. The molecule has 1 fully saturated rings. The molecule has 0 aliphatic carbocycles. The third kappa shape index (κ3) is 4.66. The summed E-state index contributed by atoms with van der Waals surface area (Å²) in [7, 11) is 0. The lowest BCUT2D eigenvalue weighted by atomic mass is 10.1. The molecule has 1 amide bonds. The third-order valence-corrected chi connectivity index (χ3v) is 4.62. The van der Waals surface area contributed by atoms with Gasteiger partial charge >= 0.3 is 0 Å². The molecule has 1 aromatic carbocycles. The number of piperidine rings is 1. The molecule has 25 heavy (non-hydrogen) atoms. The largest absolute Gasteiger partial charge is 0.471 e. The first-order valence-corrected chi connectivity index (χ1v) is 8.79. The molecule has 1 aliphatic heterocycles. The number of nitrogens with zero attached hydrogens (tertiary/aromatic N) is 3. The van der Waals surface area contributed by atoms with Crippen LogP contribution >= 0.6 is 11.8 Å². The van der Waals surface area contributed by atoms with Crippen molar-refractivity contribution in [1.29, 1.82) is 0 Å². The maximum atomic E-state index is 12.8. The number of carbonyl (C=O) groups is 1. The predicted octanol–water partition coefficient (Wildman–Crippen LogP) is 3.47. The van der Waals surface area contributed by atoms with Gasteiger partial charge in [0.1, 0.15) is 6.10 Å². The summed E-state index contributed by atoms with van der Waals surface area (Å²) >= 11 is 0.390.